The van der Waals surface area contributed by atoms with Crippen LogP contribution in [0, 0.1) is 0 Å². The van der Waals surface area contributed by atoms with Gasteiger partial charge in [-0.05, 0) is 12.0 Å². The molecule has 11 heavy (non-hydrogen) atoms. The molecule has 1 atom stereocenters. The van der Waals surface area contributed by atoms with E-state index < -0.39 is 0 Å². The summed E-state index contributed by atoms with van der Waals surface area (Å²) in [6.45, 7) is 0. The highest BCUT2D eigenvalue weighted by Crippen LogP contribution is 2.06. The minimum atomic E-state index is -0.0510. The highest BCUT2D eigenvalue weighted by atomic mass is 79.9. The molecular weight excluding hydrogens is 204 g/mol. The summed E-state index contributed by atoms with van der Waals surface area (Å²) < 4.78 is 0. The largest absolute Gasteiger partial charge is 0.302 e. The predicted molar refractivity (Wildman–Crippen MR) is 48.9 cm³/mol. The molecule has 0 saturated carbocycles. The number of hydrogen-bond donors (Lipinski definition) is 0. The van der Waals surface area contributed by atoms with Crippen LogP contribution in [0.5, 0.6) is 0 Å². The molecule has 0 bridgehead atoms. The van der Waals surface area contributed by atoms with Crippen molar-refractivity contribution in [3.63, 3.8) is 0 Å². The molecular formula is C9H9BrO. The Morgan fingerprint density at radius 3 is 2.55 bits per heavy atom. The fraction of sp³-hybridized carbons (Fsp3) is 0.222. The molecule has 0 aromatic heterocycles. The molecule has 0 unspecified atom stereocenters. The quantitative estimate of drug-likeness (QED) is 0.555. The molecule has 2 heteroatoms. The normalized spacial score (nSPS) is 12.5. The Kier molecular flexibility index (Phi) is 3.30. The number of carbonyl (C=O) groups is 1. The topological polar surface area (TPSA) is 17.1 Å². The second-order valence-corrected chi connectivity index (χ2v) is 3.52. The molecule has 1 rings (SSSR count). The molecule has 0 spiro atoms. The van der Waals surface area contributed by atoms with Crippen molar-refractivity contribution in [1.82, 2.24) is 0 Å². The first kappa shape index (κ1) is 8.47. The van der Waals surface area contributed by atoms with Crippen LogP contribution >= 0.6 is 15.9 Å². The number of aldehydes is 1. The van der Waals surface area contributed by atoms with Gasteiger partial charge in [0, 0.05) is 0 Å². The van der Waals surface area contributed by atoms with E-state index in [2.05, 4.69) is 15.9 Å². The van der Waals surface area contributed by atoms with Crippen LogP contribution in [-0.4, -0.2) is 11.1 Å². The van der Waals surface area contributed by atoms with Crippen LogP contribution in [0.15, 0.2) is 30.3 Å². The van der Waals surface area contributed by atoms with Gasteiger partial charge in [0.05, 0.1) is 4.83 Å². The Balaban J connectivity index is 2.57. The monoisotopic (exact) mass is 212 g/mol. The molecule has 0 saturated heterocycles. The molecule has 0 aliphatic heterocycles. The maximum Gasteiger partial charge on any atom is 0.133 e. The Morgan fingerprint density at radius 1 is 1.36 bits per heavy atom. The molecule has 0 heterocycles. The molecule has 0 fully saturated rings. The van der Waals surface area contributed by atoms with Crippen LogP contribution in [0.2, 0.25) is 0 Å². The van der Waals surface area contributed by atoms with Crippen LogP contribution in [-0.2, 0) is 11.2 Å². The van der Waals surface area contributed by atoms with Gasteiger partial charge in [0.15, 0.2) is 0 Å². The van der Waals surface area contributed by atoms with Crippen molar-refractivity contribution in [3.8, 4) is 0 Å². The van der Waals surface area contributed by atoms with Crippen molar-refractivity contribution in [3.05, 3.63) is 35.9 Å². The summed E-state index contributed by atoms with van der Waals surface area (Å²) in [5.41, 5.74) is 1.18. The SMILES string of the molecule is O=C[C@H](Br)Cc1ccccc1. The van der Waals surface area contributed by atoms with Crippen molar-refractivity contribution >= 4 is 22.2 Å². The minimum absolute atomic E-state index is 0.0510. The first-order valence-corrected chi connectivity index (χ1v) is 4.38. The maximum atomic E-state index is 10.3. The van der Waals surface area contributed by atoms with E-state index in [1.54, 1.807) is 0 Å². The third kappa shape index (κ3) is 2.85. The molecule has 0 aliphatic carbocycles. The summed E-state index contributed by atoms with van der Waals surface area (Å²) in [5, 5.41) is 0. The van der Waals surface area contributed by atoms with Crippen LogP contribution in [0.3, 0.4) is 0 Å². The van der Waals surface area contributed by atoms with Gasteiger partial charge >= 0.3 is 0 Å². The van der Waals surface area contributed by atoms with Gasteiger partial charge in [-0.15, -0.1) is 0 Å². The van der Waals surface area contributed by atoms with Gasteiger partial charge in [0.25, 0.3) is 0 Å². The molecule has 0 aliphatic rings. The average molecular weight is 213 g/mol. The lowest BCUT2D eigenvalue weighted by Crippen LogP contribution is -2.02. The van der Waals surface area contributed by atoms with Crippen molar-refractivity contribution in [1.29, 1.82) is 0 Å². The van der Waals surface area contributed by atoms with Gasteiger partial charge in [-0.3, -0.25) is 0 Å². The predicted octanol–water partition coefficient (Wildman–Crippen LogP) is 2.19. The number of alkyl halides is 1. The Bertz CT molecular complexity index is 220. The zero-order chi connectivity index (χ0) is 8.10. The van der Waals surface area contributed by atoms with Crippen LogP contribution in [0.4, 0.5) is 0 Å². The van der Waals surface area contributed by atoms with E-state index in [0.29, 0.717) is 0 Å². The van der Waals surface area contributed by atoms with Crippen molar-refractivity contribution in [2.45, 2.75) is 11.2 Å². The first-order chi connectivity index (χ1) is 5.33. The molecule has 0 N–H and O–H groups in total. The zero-order valence-corrected chi connectivity index (χ0v) is 7.62. The highest BCUT2D eigenvalue weighted by molar-refractivity contribution is 9.09. The maximum absolute atomic E-state index is 10.3. The number of hydrogen-bond acceptors (Lipinski definition) is 1. The van der Waals surface area contributed by atoms with Crippen LogP contribution in [0.1, 0.15) is 5.56 Å². The van der Waals surface area contributed by atoms with Crippen molar-refractivity contribution in [2.24, 2.45) is 0 Å². The second kappa shape index (κ2) is 4.29. The summed E-state index contributed by atoms with van der Waals surface area (Å²) in [4.78, 5) is 10.2. The third-order valence-corrected chi connectivity index (χ3v) is 1.96. The lowest BCUT2D eigenvalue weighted by molar-refractivity contribution is -0.107. The molecule has 1 nitrogen and oxygen atoms in total. The lowest BCUT2D eigenvalue weighted by atomic mass is 10.1. The summed E-state index contributed by atoms with van der Waals surface area (Å²) in [6.07, 6.45) is 1.68. The van der Waals surface area contributed by atoms with Crippen molar-refractivity contribution < 1.29 is 4.79 Å². The smallest absolute Gasteiger partial charge is 0.133 e. The molecule has 1 aromatic rings. The highest BCUT2D eigenvalue weighted by Gasteiger charge is 2.01. The number of halogens is 1. The standard InChI is InChI=1S/C9H9BrO/c10-9(7-11)6-8-4-2-1-3-5-8/h1-5,7,9H,6H2/t9-/m1/s1. The van der Waals surface area contributed by atoms with Gasteiger partial charge in [-0.1, -0.05) is 46.3 Å². The Hall–Kier alpha value is -0.630. The Labute approximate surface area is 74.6 Å². The van der Waals surface area contributed by atoms with E-state index in [-0.39, 0.29) is 4.83 Å². The number of carbonyl (C=O) groups excluding carboxylic acids is 1. The third-order valence-electron chi connectivity index (χ3n) is 1.42. The summed E-state index contributed by atoms with van der Waals surface area (Å²) in [6, 6.07) is 9.93. The molecule has 0 amide bonds. The summed E-state index contributed by atoms with van der Waals surface area (Å²) in [5.74, 6) is 0. The van der Waals surface area contributed by atoms with E-state index >= 15 is 0 Å². The summed E-state index contributed by atoms with van der Waals surface area (Å²) in [7, 11) is 0. The van der Waals surface area contributed by atoms with E-state index in [0.717, 1.165) is 12.7 Å². The fourth-order valence-electron chi connectivity index (χ4n) is 0.887. The van der Waals surface area contributed by atoms with Crippen LogP contribution < -0.4 is 0 Å². The first-order valence-electron chi connectivity index (χ1n) is 3.46. The molecule has 58 valence electrons. The molecule has 1 aromatic carbocycles. The van der Waals surface area contributed by atoms with Gasteiger partial charge in [-0.25, -0.2) is 0 Å². The number of rotatable bonds is 3. The Morgan fingerprint density at radius 2 is 2.00 bits per heavy atom. The van der Waals surface area contributed by atoms with E-state index in [1.165, 1.54) is 5.56 Å². The van der Waals surface area contributed by atoms with E-state index in [1.807, 2.05) is 30.3 Å². The van der Waals surface area contributed by atoms with Gasteiger partial charge < -0.3 is 4.79 Å². The zero-order valence-electron chi connectivity index (χ0n) is 6.03. The van der Waals surface area contributed by atoms with Gasteiger partial charge in [0.2, 0.25) is 0 Å². The minimum Gasteiger partial charge on any atom is -0.302 e. The summed E-state index contributed by atoms with van der Waals surface area (Å²) >= 11 is 3.25. The van der Waals surface area contributed by atoms with Gasteiger partial charge in [0.1, 0.15) is 6.29 Å². The van der Waals surface area contributed by atoms with E-state index in [4.69, 9.17) is 0 Å². The second-order valence-electron chi connectivity index (χ2n) is 2.34. The molecule has 0 radical (unpaired) electrons. The van der Waals surface area contributed by atoms with Crippen molar-refractivity contribution in [2.75, 3.05) is 0 Å². The van der Waals surface area contributed by atoms with Gasteiger partial charge in [-0.2, -0.15) is 0 Å². The fourth-order valence-corrected chi connectivity index (χ4v) is 1.26. The van der Waals surface area contributed by atoms with Crippen LogP contribution in [0.25, 0.3) is 0 Å². The lowest BCUT2D eigenvalue weighted by Gasteiger charge is -2.00. The number of benzene rings is 1. The van der Waals surface area contributed by atoms with E-state index in [9.17, 15) is 4.79 Å². The average Bonchev–Trinajstić information content (AvgIpc) is 2.06.